The van der Waals surface area contributed by atoms with Crippen LogP contribution in [0.15, 0.2) is 28.4 Å². The Balaban J connectivity index is 2.67. The second-order valence-electron chi connectivity index (χ2n) is 3.67. The molecule has 0 atom stereocenters. The molecule has 0 aromatic carbocycles. The summed E-state index contributed by atoms with van der Waals surface area (Å²) in [6.07, 6.45) is 3.82. The Morgan fingerprint density at radius 2 is 2.36 bits per heavy atom. The lowest BCUT2D eigenvalue weighted by Gasteiger charge is -2.11. The van der Waals surface area contributed by atoms with E-state index in [1.807, 2.05) is 12.1 Å². The molecule has 0 amide bonds. The third-order valence-corrected chi connectivity index (χ3v) is 2.19. The molecule has 1 heterocycles. The Labute approximate surface area is 86.0 Å². The van der Waals surface area contributed by atoms with Crippen molar-refractivity contribution < 1.29 is 4.42 Å². The molecule has 0 saturated heterocycles. The molecule has 2 heteroatoms. The van der Waals surface area contributed by atoms with Gasteiger partial charge in [-0.3, -0.25) is 0 Å². The van der Waals surface area contributed by atoms with Gasteiger partial charge in [0.05, 0.1) is 6.26 Å². The van der Waals surface area contributed by atoms with Crippen molar-refractivity contribution in [1.82, 2.24) is 5.32 Å². The van der Waals surface area contributed by atoms with Crippen molar-refractivity contribution in [2.75, 3.05) is 13.1 Å². The highest BCUT2D eigenvalue weighted by Crippen LogP contribution is 2.14. The predicted octanol–water partition coefficient (Wildman–Crippen LogP) is 2.93. The average Bonchev–Trinajstić information content (AvgIpc) is 2.64. The van der Waals surface area contributed by atoms with Crippen molar-refractivity contribution in [1.29, 1.82) is 0 Å². The van der Waals surface area contributed by atoms with Gasteiger partial charge in [0.2, 0.25) is 0 Å². The van der Waals surface area contributed by atoms with Crippen molar-refractivity contribution >= 4 is 6.08 Å². The molecule has 1 N–H and O–H groups in total. The third kappa shape index (κ3) is 3.38. The summed E-state index contributed by atoms with van der Waals surface area (Å²) in [5, 5.41) is 3.33. The van der Waals surface area contributed by atoms with Gasteiger partial charge in [0.1, 0.15) is 5.76 Å². The van der Waals surface area contributed by atoms with E-state index in [0.29, 0.717) is 5.92 Å². The van der Waals surface area contributed by atoms with E-state index >= 15 is 0 Å². The molecule has 1 aromatic rings. The minimum atomic E-state index is 0.555. The van der Waals surface area contributed by atoms with Crippen LogP contribution in [0.1, 0.15) is 26.5 Å². The van der Waals surface area contributed by atoms with Gasteiger partial charge in [0.15, 0.2) is 0 Å². The van der Waals surface area contributed by atoms with E-state index in [1.54, 1.807) is 6.26 Å². The lowest BCUT2D eigenvalue weighted by molar-refractivity contribution is 0.554. The van der Waals surface area contributed by atoms with Crippen LogP contribution >= 0.6 is 0 Å². The summed E-state index contributed by atoms with van der Waals surface area (Å²) in [5.41, 5.74) is 1.38. The molecule has 0 fully saturated rings. The van der Waals surface area contributed by atoms with Crippen LogP contribution in [0.4, 0.5) is 0 Å². The lowest BCUT2D eigenvalue weighted by Crippen LogP contribution is -2.18. The largest absolute Gasteiger partial charge is 0.465 e. The van der Waals surface area contributed by atoms with Crippen molar-refractivity contribution in [2.45, 2.75) is 20.8 Å². The van der Waals surface area contributed by atoms with E-state index in [0.717, 1.165) is 18.8 Å². The quantitative estimate of drug-likeness (QED) is 0.777. The summed E-state index contributed by atoms with van der Waals surface area (Å²) in [6.45, 7) is 8.46. The smallest absolute Gasteiger partial charge is 0.126 e. The Hall–Kier alpha value is -1.02. The topological polar surface area (TPSA) is 25.2 Å². The molecule has 0 aliphatic carbocycles. The van der Waals surface area contributed by atoms with Crippen LogP contribution in [0.25, 0.3) is 6.08 Å². The minimum absolute atomic E-state index is 0.555. The second-order valence-corrected chi connectivity index (χ2v) is 3.67. The molecule has 0 radical (unpaired) electrons. The van der Waals surface area contributed by atoms with Gasteiger partial charge in [-0.1, -0.05) is 26.3 Å². The molecule has 2 nitrogen and oxygen atoms in total. The molecular weight excluding hydrogens is 174 g/mol. The van der Waals surface area contributed by atoms with Crippen molar-refractivity contribution in [2.24, 2.45) is 5.92 Å². The van der Waals surface area contributed by atoms with Gasteiger partial charge in [0.25, 0.3) is 0 Å². The number of furan rings is 1. The zero-order valence-electron chi connectivity index (χ0n) is 9.21. The van der Waals surface area contributed by atoms with Crippen LogP contribution in [-0.2, 0) is 0 Å². The Morgan fingerprint density at radius 3 is 2.86 bits per heavy atom. The Morgan fingerprint density at radius 1 is 1.57 bits per heavy atom. The van der Waals surface area contributed by atoms with Crippen molar-refractivity contribution in [3.8, 4) is 0 Å². The fourth-order valence-electron chi connectivity index (χ4n) is 1.25. The van der Waals surface area contributed by atoms with E-state index in [9.17, 15) is 0 Å². The van der Waals surface area contributed by atoms with Gasteiger partial charge in [-0.25, -0.2) is 0 Å². The van der Waals surface area contributed by atoms with Crippen LogP contribution in [0.3, 0.4) is 0 Å². The summed E-state index contributed by atoms with van der Waals surface area (Å²) in [4.78, 5) is 0. The van der Waals surface area contributed by atoms with E-state index < -0.39 is 0 Å². The van der Waals surface area contributed by atoms with E-state index in [4.69, 9.17) is 4.42 Å². The molecule has 1 rings (SSSR count). The highest BCUT2D eigenvalue weighted by molar-refractivity contribution is 5.48. The highest BCUT2D eigenvalue weighted by atomic mass is 16.3. The number of hydrogen-bond acceptors (Lipinski definition) is 2. The predicted molar refractivity (Wildman–Crippen MR) is 60.1 cm³/mol. The zero-order valence-corrected chi connectivity index (χ0v) is 9.21. The first-order chi connectivity index (χ1) is 6.74. The molecule has 0 aliphatic rings. The second kappa shape index (κ2) is 5.66. The number of rotatable bonds is 5. The van der Waals surface area contributed by atoms with Crippen molar-refractivity contribution in [3.63, 3.8) is 0 Å². The van der Waals surface area contributed by atoms with Crippen LogP contribution < -0.4 is 5.32 Å². The first-order valence-electron chi connectivity index (χ1n) is 5.18. The molecule has 14 heavy (non-hydrogen) atoms. The monoisotopic (exact) mass is 193 g/mol. The van der Waals surface area contributed by atoms with Gasteiger partial charge in [0, 0.05) is 6.54 Å². The van der Waals surface area contributed by atoms with Gasteiger partial charge < -0.3 is 9.73 Å². The normalized spacial score (nSPS) is 12.4. The minimum Gasteiger partial charge on any atom is -0.465 e. The summed E-state index contributed by atoms with van der Waals surface area (Å²) in [7, 11) is 0. The molecule has 78 valence electrons. The molecule has 0 spiro atoms. The van der Waals surface area contributed by atoms with Crippen LogP contribution in [0, 0.1) is 5.92 Å². The first-order valence-corrected chi connectivity index (χ1v) is 5.18. The molecule has 0 bridgehead atoms. The maximum atomic E-state index is 5.29. The molecule has 0 saturated carbocycles. The zero-order chi connectivity index (χ0) is 10.4. The van der Waals surface area contributed by atoms with E-state index in [2.05, 4.69) is 32.2 Å². The fourth-order valence-corrected chi connectivity index (χ4v) is 1.25. The molecule has 1 aromatic heterocycles. The summed E-state index contributed by atoms with van der Waals surface area (Å²) in [5.74, 6) is 1.49. The van der Waals surface area contributed by atoms with E-state index in [1.165, 1.54) is 5.57 Å². The highest BCUT2D eigenvalue weighted by Gasteiger charge is 2.03. The van der Waals surface area contributed by atoms with E-state index in [-0.39, 0.29) is 0 Å². The van der Waals surface area contributed by atoms with Gasteiger partial charge in [-0.2, -0.15) is 0 Å². The summed E-state index contributed by atoms with van der Waals surface area (Å²) >= 11 is 0. The summed E-state index contributed by atoms with van der Waals surface area (Å²) in [6, 6.07) is 3.89. The lowest BCUT2D eigenvalue weighted by atomic mass is 10.0. The maximum absolute atomic E-state index is 5.29. The summed E-state index contributed by atoms with van der Waals surface area (Å²) < 4.78 is 5.29. The van der Waals surface area contributed by atoms with Crippen LogP contribution in [-0.4, -0.2) is 13.1 Å². The van der Waals surface area contributed by atoms with Gasteiger partial charge in [-0.15, -0.1) is 0 Å². The fraction of sp³-hybridized carbons (Fsp3) is 0.500. The third-order valence-electron chi connectivity index (χ3n) is 2.19. The van der Waals surface area contributed by atoms with Gasteiger partial charge >= 0.3 is 0 Å². The maximum Gasteiger partial charge on any atom is 0.126 e. The number of nitrogens with one attached hydrogen (secondary N) is 1. The molecule has 0 aliphatic heterocycles. The molecule has 0 unspecified atom stereocenters. The Bertz CT molecular complexity index is 273. The molecular formula is C12H19NO. The van der Waals surface area contributed by atoms with Crippen LogP contribution in [0.5, 0.6) is 0 Å². The standard InChI is InChI=1S/C12H19NO/c1-4-13-9-11(10(2)3)8-12-6-5-7-14-12/h5-8,10,13H,4,9H2,1-3H3. The first kappa shape index (κ1) is 11.1. The number of hydrogen-bond donors (Lipinski definition) is 1. The van der Waals surface area contributed by atoms with Gasteiger partial charge in [-0.05, 0) is 30.7 Å². The van der Waals surface area contributed by atoms with Crippen LogP contribution in [0.2, 0.25) is 0 Å². The SMILES string of the molecule is CCNCC(=Cc1ccco1)C(C)C. The Kier molecular flexibility index (Phi) is 4.47. The number of likely N-dealkylation sites (N-methyl/N-ethyl adjacent to an activating group) is 1. The van der Waals surface area contributed by atoms with Crippen molar-refractivity contribution in [3.05, 3.63) is 29.7 Å². The average molecular weight is 193 g/mol.